The number of esters is 1. The number of Topliss-reactive ketones (excluding diaryl/α,β-unsaturated/α-hetero) is 1. The van der Waals surface area contributed by atoms with Crippen LogP contribution in [0.4, 0.5) is 0 Å². The predicted octanol–water partition coefficient (Wildman–Crippen LogP) is 1.53. The maximum atomic E-state index is 13.3. The highest BCUT2D eigenvalue weighted by Gasteiger charge is 2.64. The van der Waals surface area contributed by atoms with Crippen LogP contribution in [0.2, 0.25) is 0 Å². The van der Waals surface area contributed by atoms with Crippen LogP contribution < -0.4 is 4.74 Å². The fourth-order valence-corrected chi connectivity index (χ4v) is 5.11. The molecule has 1 saturated carbocycles. The number of aliphatic hydroxyl groups excluding tert-OH is 2. The van der Waals surface area contributed by atoms with Crippen molar-refractivity contribution in [2.75, 3.05) is 0 Å². The Morgan fingerprint density at radius 3 is 2.63 bits per heavy atom. The molecule has 4 rings (SSSR count). The third-order valence-electron chi connectivity index (χ3n) is 5.93. The van der Waals surface area contributed by atoms with Crippen molar-refractivity contribution in [2.24, 2.45) is 11.8 Å². The van der Waals surface area contributed by atoms with Crippen LogP contribution in [0.3, 0.4) is 0 Å². The first-order valence-electron chi connectivity index (χ1n) is 9.15. The van der Waals surface area contributed by atoms with Crippen molar-refractivity contribution in [1.29, 1.82) is 0 Å². The summed E-state index contributed by atoms with van der Waals surface area (Å²) in [7, 11) is 0. The van der Waals surface area contributed by atoms with Crippen molar-refractivity contribution in [1.82, 2.24) is 0 Å². The van der Waals surface area contributed by atoms with Crippen molar-refractivity contribution in [3.8, 4) is 5.75 Å². The molecule has 146 valence electrons. The normalized spacial score (nSPS) is 39.3. The molecule has 1 saturated heterocycles. The number of benzene rings is 1. The van der Waals surface area contributed by atoms with E-state index in [0.29, 0.717) is 11.1 Å². The van der Waals surface area contributed by atoms with Gasteiger partial charge in [-0.15, -0.1) is 0 Å². The molecule has 1 heterocycles. The zero-order chi connectivity index (χ0) is 19.7. The van der Waals surface area contributed by atoms with Gasteiger partial charge in [-0.3, -0.25) is 9.59 Å². The molecule has 27 heavy (non-hydrogen) atoms. The molecule has 1 aromatic carbocycles. The Hall–Kier alpha value is -1.80. The van der Waals surface area contributed by atoms with Gasteiger partial charge in [-0.2, -0.15) is 0 Å². The highest BCUT2D eigenvalue weighted by molar-refractivity contribution is 6.04. The number of hydrogen-bond acceptors (Lipinski definition) is 7. The number of hydrogen-bond donors (Lipinski definition) is 2. The summed E-state index contributed by atoms with van der Waals surface area (Å²) in [5, 5.41) is 20.9. The van der Waals surface area contributed by atoms with Crippen LogP contribution in [0, 0.1) is 11.8 Å². The Kier molecular flexibility index (Phi) is 4.02. The molecule has 0 bridgehead atoms. The third kappa shape index (κ3) is 2.64. The lowest BCUT2D eigenvalue weighted by Gasteiger charge is -2.59. The predicted molar refractivity (Wildman–Crippen MR) is 93.1 cm³/mol. The Balaban J connectivity index is 1.95. The minimum absolute atomic E-state index is 0.0950. The lowest BCUT2D eigenvalue weighted by atomic mass is 9.58. The maximum Gasteiger partial charge on any atom is 0.308 e. The molecule has 0 unspecified atom stereocenters. The molecule has 7 heteroatoms. The Morgan fingerprint density at radius 2 is 1.96 bits per heavy atom. The molecule has 7 nitrogen and oxygen atoms in total. The number of ketones is 1. The average Bonchev–Trinajstić information content (AvgIpc) is 2.55. The first-order chi connectivity index (χ1) is 12.5. The van der Waals surface area contributed by atoms with Gasteiger partial charge < -0.3 is 24.4 Å². The molecule has 0 aromatic heterocycles. The van der Waals surface area contributed by atoms with Crippen LogP contribution in [0.1, 0.15) is 50.0 Å². The second-order valence-electron chi connectivity index (χ2n) is 8.25. The van der Waals surface area contributed by atoms with E-state index in [2.05, 4.69) is 0 Å². The average molecular weight is 376 g/mol. The number of rotatable bonds is 1. The lowest BCUT2D eigenvalue weighted by molar-refractivity contribution is -0.386. The van der Waals surface area contributed by atoms with E-state index in [1.165, 1.54) is 6.92 Å². The molecule has 6 atom stereocenters. The largest absolute Gasteiger partial charge is 0.426 e. The Labute approximate surface area is 157 Å². The molecule has 2 fully saturated rings. The number of ether oxygens (including phenoxy) is 3. The summed E-state index contributed by atoms with van der Waals surface area (Å²) >= 11 is 0. The van der Waals surface area contributed by atoms with Crippen LogP contribution in [0.5, 0.6) is 5.75 Å². The summed E-state index contributed by atoms with van der Waals surface area (Å²) in [6.45, 7) is 6.63. The van der Waals surface area contributed by atoms with Crippen molar-refractivity contribution in [3.05, 3.63) is 29.3 Å². The zero-order valence-corrected chi connectivity index (χ0v) is 15.8. The van der Waals surface area contributed by atoms with Gasteiger partial charge in [-0.1, -0.05) is 12.1 Å². The minimum Gasteiger partial charge on any atom is -0.426 e. The van der Waals surface area contributed by atoms with Gasteiger partial charge in [-0.25, -0.2) is 0 Å². The Morgan fingerprint density at radius 1 is 1.26 bits per heavy atom. The standard InChI is InChI=1S/C20H24O7/c1-9(21)25-13-7-5-6-11-14(13)16(23)10-8-12(22)17(24)18-15(10)20(11,4)27-19(2,3)26-18/h5-7,10,12,15,17-18,22,24H,8H2,1-4H3/t10-,12+,15+,17-,18-,20+/m0/s1. The Bertz CT molecular complexity index is 817. The van der Waals surface area contributed by atoms with E-state index in [1.54, 1.807) is 32.0 Å². The number of carbonyl (C=O) groups excluding carboxylic acids is 2. The summed E-state index contributed by atoms with van der Waals surface area (Å²) in [5.74, 6) is -2.67. The van der Waals surface area contributed by atoms with Crippen LogP contribution in [0.15, 0.2) is 18.2 Å². The van der Waals surface area contributed by atoms with Crippen LogP contribution in [-0.4, -0.2) is 46.1 Å². The summed E-state index contributed by atoms with van der Waals surface area (Å²) < 4.78 is 17.5. The highest BCUT2D eigenvalue weighted by atomic mass is 16.7. The molecule has 3 aliphatic rings. The monoisotopic (exact) mass is 376 g/mol. The van der Waals surface area contributed by atoms with E-state index in [-0.39, 0.29) is 18.0 Å². The summed E-state index contributed by atoms with van der Waals surface area (Å²) in [6, 6.07) is 5.08. The number of aliphatic hydroxyl groups is 2. The quantitative estimate of drug-likeness (QED) is 0.566. The number of carbonyl (C=O) groups is 2. The van der Waals surface area contributed by atoms with Gasteiger partial charge in [-0.05, 0) is 38.8 Å². The molecule has 0 spiro atoms. The second kappa shape index (κ2) is 5.85. The van der Waals surface area contributed by atoms with Gasteiger partial charge in [0.15, 0.2) is 11.6 Å². The van der Waals surface area contributed by atoms with Crippen molar-refractivity contribution in [3.63, 3.8) is 0 Å². The van der Waals surface area contributed by atoms with Crippen molar-refractivity contribution in [2.45, 2.75) is 63.8 Å². The van der Waals surface area contributed by atoms with Gasteiger partial charge >= 0.3 is 5.97 Å². The molecular weight excluding hydrogens is 352 g/mol. The SMILES string of the molecule is CC(=O)Oc1cccc2c1C(=O)[C@H]1C[C@@H](O)[C@H](O)[C@H]3OC(C)(C)O[C@@]2(C)[C@@H]31. The highest BCUT2D eigenvalue weighted by Crippen LogP contribution is 2.57. The van der Waals surface area contributed by atoms with Gasteiger partial charge in [0.1, 0.15) is 17.5 Å². The molecule has 0 radical (unpaired) electrons. The fourth-order valence-electron chi connectivity index (χ4n) is 5.11. The van der Waals surface area contributed by atoms with E-state index in [4.69, 9.17) is 14.2 Å². The van der Waals surface area contributed by atoms with Crippen LogP contribution in [0.25, 0.3) is 0 Å². The summed E-state index contributed by atoms with van der Waals surface area (Å²) in [4.78, 5) is 24.9. The van der Waals surface area contributed by atoms with E-state index in [0.717, 1.165) is 0 Å². The zero-order valence-electron chi connectivity index (χ0n) is 15.8. The van der Waals surface area contributed by atoms with Crippen LogP contribution in [-0.2, 0) is 19.9 Å². The van der Waals surface area contributed by atoms with Gasteiger partial charge in [0.2, 0.25) is 0 Å². The first kappa shape index (κ1) is 18.6. The van der Waals surface area contributed by atoms with Gasteiger partial charge in [0.05, 0.1) is 17.8 Å². The second-order valence-corrected chi connectivity index (χ2v) is 8.25. The van der Waals surface area contributed by atoms with E-state index >= 15 is 0 Å². The maximum absolute atomic E-state index is 13.3. The van der Waals surface area contributed by atoms with Gasteiger partial charge in [0.25, 0.3) is 0 Å². The topological polar surface area (TPSA) is 102 Å². The molecule has 1 aliphatic heterocycles. The summed E-state index contributed by atoms with van der Waals surface area (Å²) in [5.41, 5.74) is -0.0358. The smallest absolute Gasteiger partial charge is 0.308 e. The van der Waals surface area contributed by atoms with E-state index in [1.807, 2.05) is 6.92 Å². The van der Waals surface area contributed by atoms with Crippen molar-refractivity contribution >= 4 is 11.8 Å². The molecule has 0 amide bonds. The first-order valence-corrected chi connectivity index (χ1v) is 9.15. The molecule has 1 aromatic rings. The molecule has 2 N–H and O–H groups in total. The fraction of sp³-hybridized carbons (Fsp3) is 0.600. The summed E-state index contributed by atoms with van der Waals surface area (Å²) in [6.07, 6.45) is -2.85. The van der Waals surface area contributed by atoms with E-state index < -0.39 is 47.5 Å². The lowest BCUT2D eigenvalue weighted by Crippen LogP contribution is -2.68. The van der Waals surface area contributed by atoms with Crippen LogP contribution >= 0.6 is 0 Å². The molecular formula is C20H24O7. The van der Waals surface area contributed by atoms with E-state index in [9.17, 15) is 19.8 Å². The van der Waals surface area contributed by atoms with Gasteiger partial charge in [0, 0.05) is 18.8 Å². The number of fused-ring (bicyclic) bond motifs is 2. The molecule has 2 aliphatic carbocycles. The minimum atomic E-state index is -1.11. The third-order valence-corrected chi connectivity index (χ3v) is 5.93. The van der Waals surface area contributed by atoms with Crippen molar-refractivity contribution < 1.29 is 34.0 Å².